The summed E-state index contributed by atoms with van der Waals surface area (Å²) in [6, 6.07) is 18.3. The maximum atomic E-state index is 12.8. The predicted molar refractivity (Wildman–Crippen MR) is 117 cm³/mol. The number of piperazine rings is 1. The van der Waals surface area contributed by atoms with Crippen molar-refractivity contribution in [3.8, 4) is 5.75 Å². The molecule has 4 rings (SSSR count). The molecule has 0 bridgehead atoms. The molecular formula is C23H26ClN3O2. The first-order chi connectivity index (χ1) is 13.8. The quantitative estimate of drug-likeness (QED) is 0.623. The molecule has 29 heavy (non-hydrogen) atoms. The lowest BCUT2D eigenvalue weighted by molar-refractivity contribution is -0.134. The van der Waals surface area contributed by atoms with Crippen molar-refractivity contribution in [1.82, 2.24) is 15.2 Å². The zero-order chi connectivity index (χ0) is 19.2. The van der Waals surface area contributed by atoms with Crippen molar-refractivity contribution in [2.24, 2.45) is 0 Å². The van der Waals surface area contributed by atoms with E-state index in [4.69, 9.17) is 4.74 Å². The van der Waals surface area contributed by atoms with Crippen LogP contribution in [0.1, 0.15) is 24.4 Å². The number of aromatic nitrogens is 1. The van der Waals surface area contributed by atoms with Gasteiger partial charge in [-0.05, 0) is 29.5 Å². The Hall–Kier alpha value is -2.63. The largest absolute Gasteiger partial charge is 0.493 e. The Bertz CT molecular complexity index is 930. The highest BCUT2D eigenvalue weighted by Crippen LogP contribution is 2.26. The molecule has 152 valence electrons. The van der Waals surface area contributed by atoms with Crippen LogP contribution in [-0.4, -0.2) is 42.0 Å². The van der Waals surface area contributed by atoms with Crippen LogP contribution in [0.25, 0.3) is 10.8 Å². The van der Waals surface area contributed by atoms with Gasteiger partial charge in [0.15, 0.2) is 0 Å². The standard InChI is InChI=1S/C23H25N3O2.ClH/c27-23(26-14-13-25-17-21(26)19-8-4-12-24-16-19)11-5-15-28-22-10-3-7-18-6-1-2-9-20(18)22;/h1-4,6-10,12,16,21,25H,5,11,13-15,17H2;1H. The average molecular weight is 412 g/mol. The monoisotopic (exact) mass is 411 g/mol. The molecule has 1 saturated heterocycles. The van der Waals surface area contributed by atoms with E-state index < -0.39 is 0 Å². The Morgan fingerprint density at radius 2 is 2.00 bits per heavy atom. The van der Waals surface area contributed by atoms with Crippen LogP contribution in [0.4, 0.5) is 0 Å². The van der Waals surface area contributed by atoms with E-state index in [2.05, 4.69) is 28.5 Å². The molecule has 3 aromatic rings. The molecule has 1 unspecified atom stereocenters. The maximum absolute atomic E-state index is 12.8. The van der Waals surface area contributed by atoms with Gasteiger partial charge < -0.3 is 15.0 Å². The molecule has 6 heteroatoms. The van der Waals surface area contributed by atoms with E-state index >= 15 is 0 Å². The van der Waals surface area contributed by atoms with E-state index in [9.17, 15) is 4.79 Å². The summed E-state index contributed by atoms with van der Waals surface area (Å²) in [5.41, 5.74) is 1.08. The third-order valence-electron chi connectivity index (χ3n) is 5.18. The van der Waals surface area contributed by atoms with Crippen molar-refractivity contribution in [2.75, 3.05) is 26.2 Å². The zero-order valence-corrected chi connectivity index (χ0v) is 17.1. The molecule has 2 aromatic carbocycles. The molecule has 1 aliphatic rings. The number of hydrogen-bond acceptors (Lipinski definition) is 4. The minimum Gasteiger partial charge on any atom is -0.493 e. The zero-order valence-electron chi connectivity index (χ0n) is 16.3. The van der Waals surface area contributed by atoms with E-state index in [1.807, 2.05) is 47.5 Å². The third-order valence-corrected chi connectivity index (χ3v) is 5.18. The highest BCUT2D eigenvalue weighted by molar-refractivity contribution is 5.88. The topological polar surface area (TPSA) is 54.5 Å². The molecular weight excluding hydrogens is 386 g/mol. The molecule has 0 spiro atoms. The van der Waals surface area contributed by atoms with Crippen LogP contribution in [0.3, 0.4) is 0 Å². The van der Waals surface area contributed by atoms with Crippen molar-refractivity contribution in [2.45, 2.75) is 18.9 Å². The molecule has 0 aliphatic carbocycles. The van der Waals surface area contributed by atoms with Gasteiger partial charge in [0.05, 0.1) is 12.6 Å². The van der Waals surface area contributed by atoms with E-state index in [1.165, 1.54) is 0 Å². The Labute approximate surface area is 177 Å². The number of benzene rings is 2. The van der Waals surface area contributed by atoms with Gasteiger partial charge in [0.25, 0.3) is 0 Å². The lowest BCUT2D eigenvalue weighted by atomic mass is 10.0. The van der Waals surface area contributed by atoms with Crippen LogP contribution in [0.15, 0.2) is 67.0 Å². The lowest BCUT2D eigenvalue weighted by Gasteiger charge is -2.36. The fourth-order valence-electron chi connectivity index (χ4n) is 3.74. The van der Waals surface area contributed by atoms with Crippen LogP contribution in [0.5, 0.6) is 5.75 Å². The summed E-state index contributed by atoms with van der Waals surface area (Å²) >= 11 is 0. The highest BCUT2D eigenvalue weighted by Gasteiger charge is 2.27. The fraction of sp³-hybridized carbons (Fsp3) is 0.304. The Morgan fingerprint density at radius 1 is 1.14 bits per heavy atom. The molecule has 0 saturated carbocycles. The summed E-state index contributed by atoms with van der Waals surface area (Å²) in [4.78, 5) is 19.0. The molecule has 2 heterocycles. The number of pyridine rings is 1. The molecule has 1 fully saturated rings. The van der Waals surface area contributed by atoms with Gasteiger partial charge in [-0.25, -0.2) is 0 Å². The number of hydrogen-bond donors (Lipinski definition) is 1. The fourth-order valence-corrected chi connectivity index (χ4v) is 3.74. The Kier molecular flexibility index (Phi) is 7.44. The minimum atomic E-state index is 0. The first-order valence-electron chi connectivity index (χ1n) is 9.83. The van der Waals surface area contributed by atoms with Crippen molar-refractivity contribution < 1.29 is 9.53 Å². The second kappa shape index (κ2) is 10.2. The second-order valence-electron chi connectivity index (χ2n) is 7.02. The minimum absolute atomic E-state index is 0. The van der Waals surface area contributed by atoms with Gasteiger partial charge in [0, 0.05) is 43.8 Å². The van der Waals surface area contributed by atoms with Gasteiger partial charge in [-0.2, -0.15) is 0 Å². The van der Waals surface area contributed by atoms with Crippen LogP contribution in [0.2, 0.25) is 0 Å². The van der Waals surface area contributed by atoms with Gasteiger partial charge in [0.1, 0.15) is 5.75 Å². The first kappa shape index (κ1) is 21.1. The summed E-state index contributed by atoms with van der Waals surface area (Å²) in [5.74, 6) is 1.05. The Morgan fingerprint density at radius 3 is 2.86 bits per heavy atom. The van der Waals surface area contributed by atoms with Crippen LogP contribution in [0, 0.1) is 0 Å². The summed E-state index contributed by atoms with van der Waals surface area (Å²) in [6.07, 6.45) is 4.80. The first-order valence-corrected chi connectivity index (χ1v) is 9.83. The second-order valence-corrected chi connectivity index (χ2v) is 7.02. The third kappa shape index (κ3) is 5.05. The number of halogens is 1. The number of rotatable bonds is 6. The summed E-state index contributed by atoms with van der Waals surface area (Å²) in [6.45, 7) is 2.85. The molecule has 1 amide bonds. The number of nitrogens with zero attached hydrogens (tertiary/aromatic N) is 2. The SMILES string of the molecule is Cl.O=C(CCCOc1cccc2ccccc12)N1CCNCC1c1cccnc1. The predicted octanol–water partition coefficient (Wildman–Crippen LogP) is 3.99. The number of ether oxygens (including phenoxy) is 1. The van der Waals surface area contributed by atoms with Crippen molar-refractivity contribution in [3.05, 3.63) is 72.6 Å². The average Bonchev–Trinajstić information content (AvgIpc) is 2.77. The molecule has 5 nitrogen and oxygen atoms in total. The van der Waals surface area contributed by atoms with E-state index in [-0.39, 0.29) is 24.4 Å². The van der Waals surface area contributed by atoms with Gasteiger partial charge in [-0.15, -0.1) is 12.4 Å². The van der Waals surface area contributed by atoms with Crippen molar-refractivity contribution >= 4 is 29.1 Å². The van der Waals surface area contributed by atoms with Crippen LogP contribution >= 0.6 is 12.4 Å². The smallest absolute Gasteiger partial charge is 0.223 e. The normalized spacial score (nSPS) is 16.3. The molecule has 1 N–H and O–H groups in total. The van der Waals surface area contributed by atoms with Gasteiger partial charge >= 0.3 is 0 Å². The number of fused-ring (bicyclic) bond motifs is 1. The van der Waals surface area contributed by atoms with Crippen molar-refractivity contribution in [1.29, 1.82) is 0 Å². The highest BCUT2D eigenvalue weighted by atomic mass is 35.5. The summed E-state index contributed by atoms with van der Waals surface area (Å²) < 4.78 is 5.98. The number of carbonyl (C=O) groups is 1. The molecule has 1 aromatic heterocycles. The summed E-state index contributed by atoms with van der Waals surface area (Å²) in [5, 5.41) is 5.65. The van der Waals surface area contributed by atoms with Gasteiger partial charge in [-0.1, -0.05) is 42.5 Å². The lowest BCUT2D eigenvalue weighted by Crippen LogP contribution is -2.48. The number of amides is 1. The van der Waals surface area contributed by atoms with Crippen LogP contribution < -0.4 is 10.1 Å². The molecule has 1 atom stereocenters. The molecule has 0 radical (unpaired) electrons. The van der Waals surface area contributed by atoms with E-state index in [1.54, 1.807) is 6.20 Å². The summed E-state index contributed by atoms with van der Waals surface area (Å²) in [7, 11) is 0. The van der Waals surface area contributed by atoms with Crippen LogP contribution in [-0.2, 0) is 4.79 Å². The van der Waals surface area contributed by atoms with E-state index in [0.717, 1.165) is 41.7 Å². The van der Waals surface area contributed by atoms with Crippen molar-refractivity contribution in [3.63, 3.8) is 0 Å². The van der Waals surface area contributed by atoms with Gasteiger partial charge in [0.2, 0.25) is 5.91 Å². The Balaban J connectivity index is 0.00000240. The maximum Gasteiger partial charge on any atom is 0.223 e. The number of carbonyl (C=O) groups excluding carboxylic acids is 1. The number of nitrogens with one attached hydrogen (secondary N) is 1. The van der Waals surface area contributed by atoms with E-state index in [0.29, 0.717) is 19.4 Å². The van der Waals surface area contributed by atoms with Gasteiger partial charge in [-0.3, -0.25) is 9.78 Å². The molecule has 1 aliphatic heterocycles.